The number of halogens is 3. The number of carbonyl (C=O) groups excluding carboxylic acids is 1. The molecule has 0 radical (unpaired) electrons. The molecule has 1 fully saturated rings. The molecule has 0 bridgehead atoms. The Morgan fingerprint density at radius 2 is 1.73 bits per heavy atom. The fourth-order valence-corrected chi connectivity index (χ4v) is 3.67. The lowest BCUT2D eigenvalue weighted by atomic mass is 10.1. The van der Waals surface area contributed by atoms with Crippen molar-refractivity contribution in [1.82, 2.24) is 4.90 Å². The van der Waals surface area contributed by atoms with Crippen molar-refractivity contribution in [3.05, 3.63) is 71.0 Å². The summed E-state index contributed by atoms with van der Waals surface area (Å²) in [5.41, 5.74) is 0.621. The van der Waals surface area contributed by atoms with Gasteiger partial charge >= 0.3 is 0 Å². The molecule has 114 valence electrons. The van der Waals surface area contributed by atoms with Crippen molar-refractivity contribution in [2.45, 2.75) is 5.37 Å². The van der Waals surface area contributed by atoms with E-state index >= 15 is 0 Å². The minimum Gasteiger partial charge on any atom is -0.322 e. The van der Waals surface area contributed by atoms with Crippen LogP contribution in [0.3, 0.4) is 0 Å². The van der Waals surface area contributed by atoms with Gasteiger partial charge in [0.25, 0.3) is 5.91 Å². The molecule has 2 aromatic rings. The summed E-state index contributed by atoms with van der Waals surface area (Å²) in [5, 5.41) is -0.502. The highest BCUT2D eigenvalue weighted by Gasteiger charge is 2.33. The molecule has 1 amide bonds. The van der Waals surface area contributed by atoms with E-state index in [4.69, 9.17) is 0 Å². The number of carbonyl (C=O) groups is 1. The molecule has 1 unspecified atom stereocenters. The molecule has 22 heavy (non-hydrogen) atoms. The monoisotopic (exact) mass is 323 g/mol. The third-order valence-corrected chi connectivity index (χ3v) is 4.71. The molecule has 2 nitrogen and oxygen atoms in total. The average Bonchev–Trinajstić information content (AvgIpc) is 2.96. The maximum Gasteiger partial charge on any atom is 0.255 e. The van der Waals surface area contributed by atoms with E-state index in [1.807, 2.05) is 0 Å². The van der Waals surface area contributed by atoms with Crippen LogP contribution in [0.5, 0.6) is 0 Å². The second kappa shape index (κ2) is 6.04. The molecule has 1 aliphatic heterocycles. The fraction of sp³-hybridized carbons (Fsp3) is 0.188. The number of hydrogen-bond acceptors (Lipinski definition) is 2. The van der Waals surface area contributed by atoms with Gasteiger partial charge in [0.1, 0.15) is 22.8 Å². The lowest BCUT2D eigenvalue weighted by Gasteiger charge is -2.24. The number of nitrogens with zero attached hydrogens (tertiary/aromatic N) is 1. The molecular formula is C16H12F3NOS. The van der Waals surface area contributed by atoms with Gasteiger partial charge in [-0.2, -0.15) is 0 Å². The highest BCUT2D eigenvalue weighted by Crippen LogP contribution is 2.39. The summed E-state index contributed by atoms with van der Waals surface area (Å²) >= 11 is 1.42. The predicted octanol–water partition coefficient (Wildman–Crippen LogP) is 3.99. The average molecular weight is 323 g/mol. The van der Waals surface area contributed by atoms with Crippen LogP contribution in [-0.4, -0.2) is 23.1 Å². The lowest BCUT2D eigenvalue weighted by molar-refractivity contribution is 0.0759. The Balaban J connectivity index is 1.89. The summed E-state index contributed by atoms with van der Waals surface area (Å²) in [4.78, 5) is 14.0. The zero-order valence-corrected chi connectivity index (χ0v) is 12.2. The van der Waals surface area contributed by atoms with Crippen molar-refractivity contribution in [2.75, 3.05) is 12.3 Å². The van der Waals surface area contributed by atoms with E-state index in [9.17, 15) is 18.0 Å². The Labute approximate surface area is 129 Å². The van der Waals surface area contributed by atoms with Crippen molar-refractivity contribution in [1.29, 1.82) is 0 Å². The van der Waals surface area contributed by atoms with Crippen molar-refractivity contribution in [3.63, 3.8) is 0 Å². The van der Waals surface area contributed by atoms with Crippen LogP contribution < -0.4 is 0 Å². The molecule has 6 heteroatoms. The quantitative estimate of drug-likeness (QED) is 0.833. The van der Waals surface area contributed by atoms with Crippen LogP contribution in [0.4, 0.5) is 13.2 Å². The largest absolute Gasteiger partial charge is 0.322 e. The van der Waals surface area contributed by atoms with Crippen molar-refractivity contribution in [2.24, 2.45) is 0 Å². The topological polar surface area (TPSA) is 20.3 Å². The van der Waals surface area contributed by atoms with Gasteiger partial charge < -0.3 is 4.90 Å². The van der Waals surface area contributed by atoms with Crippen molar-refractivity contribution in [3.8, 4) is 0 Å². The first-order chi connectivity index (χ1) is 10.6. The fourth-order valence-electron chi connectivity index (χ4n) is 2.40. The number of amides is 1. The molecule has 0 N–H and O–H groups in total. The third-order valence-electron chi connectivity index (χ3n) is 3.47. The summed E-state index contributed by atoms with van der Waals surface area (Å²) < 4.78 is 39.9. The Morgan fingerprint density at radius 1 is 1.05 bits per heavy atom. The van der Waals surface area contributed by atoms with E-state index in [1.165, 1.54) is 53.1 Å². The van der Waals surface area contributed by atoms with Gasteiger partial charge in [-0.3, -0.25) is 4.79 Å². The highest BCUT2D eigenvalue weighted by molar-refractivity contribution is 7.99. The molecule has 2 aromatic carbocycles. The first kappa shape index (κ1) is 15.0. The zero-order chi connectivity index (χ0) is 15.7. The Bertz CT molecular complexity index is 705. The number of benzene rings is 2. The summed E-state index contributed by atoms with van der Waals surface area (Å²) in [6.45, 7) is 0.461. The predicted molar refractivity (Wildman–Crippen MR) is 79.0 cm³/mol. The molecule has 0 aromatic heterocycles. The van der Waals surface area contributed by atoms with Gasteiger partial charge in [0.15, 0.2) is 0 Å². The van der Waals surface area contributed by atoms with Gasteiger partial charge in [-0.25, -0.2) is 13.2 Å². The van der Waals surface area contributed by atoms with Crippen LogP contribution in [0.25, 0.3) is 0 Å². The molecule has 0 aliphatic carbocycles. The third kappa shape index (κ3) is 2.83. The summed E-state index contributed by atoms with van der Waals surface area (Å²) in [6, 6.07) is 8.58. The molecule has 0 saturated carbocycles. The minimum absolute atomic E-state index is 0.277. The Hall–Kier alpha value is -1.95. The van der Waals surface area contributed by atoms with E-state index in [0.29, 0.717) is 17.9 Å². The zero-order valence-electron chi connectivity index (χ0n) is 11.4. The minimum atomic E-state index is -0.670. The first-order valence-corrected chi connectivity index (χ1v) is 7.74. The molecular weight excluding hydrogens is 311 g/mol. The smallest absolute Gasteiger partial charge is 0.255 e. The summed E-state index contributed by atoms with van der Waals surface area (Å²) in [5.74, 6) is -1.38. The second-order valence-corrected chi connectivity index (χ2v) is 6.08. The molecule has 1 saturated heterocycles. The van der Waals surface area contributed by atoms with Crippen molar-refractivity contribution < 1.29 is 18.0 Å². The maximum absolute atomic E-state index is 14.0. The van der Waals surface area contributed by atoms with Crippen LogP contribution in [0, 0.1) is 17.5 Å². The van der Waals surface area contributed by atoms with Crippen LogP contribution in [0.15, 0.2) is 42.5 Å². The van der Waals surface area contributed by atoms with E-state index in [2.05, 4.69) is 0 Å². The molecule has 0 spiro atoms. The lowest BCUT2D eigenvalue weighted by Crippen LogP contribution is -2.30. The Morgan fingerprint density at radius 3 is 2.41 bits per heavy atom. The first-order valence-electron chi connectivity index (χ1n) is 6.69. The van der Waals surface area contributed by atoms with E-state index in [-0.39, 0.29) is 11.5 Å². The van der Waals surface area contributed by atoms with E-state index in [1.54, 1.807) is 0 Å². The van der Waals surface area contributed by atoms with Gasteiger partial charge in [-0.1, -0.05) is 6.07 Å². The molecule has 1 aliphatic rings. The Kier molecular flexibility index (Phi) is 4.11. The van der Waals surface area contributed by atoms with Crippen LogP contribution in [0.1, 0.15) is 21.3 Å². The SMILES string of the molecule is O=C(c1ccc(F)cc1)N1CCSC1c1ccc(F)cc1F. The van der Waals surface area contributed by atoms with Crippen molar-refractivity contribution >= 4 is 17.7 Å². The van der Waals surface area contributed by atoms with Gasteiger partial charge in [-0.05, 0) is 30.3 Å². The van der Waals surface area contributed by atoms with Gasteiger partial charge in [0, 0.05) is 29.5 Å². The van der Waals surface area contributed by atoms with E-state index < -0.39 is 22.8 Å². The number of rotatable bonds is 2. The van der Waals surface area contributed by atoms with Gasteiger partial charge in [0.2, 0.25) is 0 Å². The highest BCUT2D eigenvalue weighted by atomic mass is 32.2. The molecule has 1 heterocycles. The van der Waals surface area contributed by atoms with Crippen LogP contribution in [0.2, 0.25) is 0 Å². The standard InChI is InChI=1S/C16H12F3NOS/c17-11-3-1-10(2-4-11)15(21)20-7-8-22-16(20)13-6-5-12(18)9-14(13)19/h1-6,9,16H,7-8H2. The van der Waals surface area contributed by atoms with Crippen LogP contribution in [-0.2, 0) is 0 Å². The van der Waals surface area contributed by atoms with E-state index in [0.717, 1.165) is 6.07 Å². The van der Waals surface area contributed by atoms with Crippen LogP contribution >= 0.6 is 11.8 Å². The van der Waals surface area contributed by atoms with Gasteiger partial charge in [-0.15, -0.1) is 11.8 Å². The maximum atomic E-state index is 14.0. The molecule has 3 rings (SSSR count). The van der Waals surface area contributed by atoms with Gasteiger partial charge in [0.05, 0.1) is 0 Å². The molecule has 1 atom stereocenters. The summed E-state index contributed by atoms with van der Waals surface area (Å²) in [7, 11) is 0. The summed E-state index contributed by atoms with van der Waals surface area (Å²) in [6.07, 6.45) is 0. The second-order valence-electron chi connectivity index (χ2n) is 4.89. The normalized spacial score (nSPS) is 17.8. The number of thioether (sulfide) groups is 1. The number of hydrogen-bond donors (Lipinski definition) is 0.